The number of rotatable bonds is 6. The molecule has 0 unspecified atom stereocenters. The Labute approximate surface area is 177 Å². The number of benzene rings is 2. The van der Waals surface area contributed by atoms with E-state index in [0.717, 1.165) is 5.56 Å². The molecule has 0 bridgehead atoms. The number of ether oxygens (including phenoxy) is 1. The summed E-state index contributed by atoms with van der Waals surface area (Å²) in [5, 5.41) is 24.4. The van der Waals surface area contributed by atoms with Gasteiger partial charge in [-0.3, -0.25) is 0 Å². The Hall–Kier alpha value is -4.65. The Kier molecular flexibility index (Phi) is 5.31. The van der Waals surface area contributed by atoms with Crippen molar-refractivity contribution < 1.29 is 14.5 Å². The molecule has 10 nitrogen and oxygen atoms in total. The molecule has 4 aromatic rings. The van der Waals surface area contributed by atoms with Crippen LogP contribution in [0.2, 0.25) is 0 Å². The smallest absolute Gasteiger partial charge is 0.282 e. The zero-order valence-electron chi connectivity index (χ0n) is 16.4. The molecule has 2 aromatic heterocycles. The van der Waals surface area contributed by atoms with Gasteiger partial charge in [0.15, 0.2) is 11.5 Å². The number of aromatic nitrogens is 5. The second kappa shape index (κ2) is 8.38. The van der Waals surface area contributed by atoms with Crippen LogP contribution in [-0.4, -0.2) is 42.7 Å². The molecule has 0 radical (unpaired) electrons. The molecule has 3 N–H and O–H groups in total. The quantitative estimate of drug-likeness (QED) is 0.212. The summed E-state index contributed by atoms with van der Waals surface area (Å²) in [4.78, 5) is 4.37. The molecular weight excluding hydrogens is 398 g/mol. The van der Waals surface area contributed by atoms with Gasteiger partial charge in [0.1, 0.15) is 12.4 Å². The number of oxime groups is 1. The minimum atomic E-state index is 0.135. The predicted octanol–water partition coefficient (Wildman–Crippen LogP) is 2.78. The summed E-state index contributed by atoms with van der Waals surface area (Å²) in [5.74, 6) is 3.77. The van der Waals surface area contributed by atoms with Gasteiger partial charge >= 0.3 is 0 Å². The molecule has 0 fully saturated rings. The van der Waals surface area contributed by atoms with E-state index in [1.165, 1.54) is 4.68 Å². The third kappa shape index (κ3) is 3.92. The number of hydrogen-bond donors (Lipinski definition) is 2. The van der Waals surface area contributed by atoms with Gasteiger partial charge < -0.3 is 20.2 Å². The zero-order chi connectivity index (χ0) is 21.8. The maximum absolute atomic E-state index is 8.99. The highest BCUT2D eigenvalue weighted by Gasteiger charge is 2.20. The minimum Gasteiger partial charge on any atom is -0.481 e. The van der Waals surface area contributed by atoms with Crippen molar-refractivity contribution in [3.05, 3.63) is 54.1 Å². The van der Waals surface area contributed by atoms with Crippen molar-refractivity contribution in [1.29, 1.82) is 0 Å². The van der Waals surface area contributed by atoms with Gasteiger partial charge in [-0.15, -0.1) is 11.5 Å². The van der Waals surface area contributed by atoms with Crippen molar-refractivity contribution in [2.24, 2.45) is 5.16 Å². The van der Waals surface area contributed by atoms with Crippen molar-refractivity contribution in [3.8, 4) is 46.8 Å². The first-order valence-electron chi connectivity index (χ1n) is 9.12. The Morgan fingerprint density at radius 2 is 2.10 bits per heavy atom. The second-order valence-electron chi connectivity index (χ2n) is 6.41. The Balaban J connectivity index is 1.61. The van der Waals surface area contributed by atoms with Gasteiger partial charge in [0, 0.05) is 11.1 Å². The van der Waals surface area contributed by atoms with Gasteiger partial charge in [0.25, 0.3) is 5.89 Å². The number of nitrogen functional groups attached to an aromatic ring is 1. The van der Waals surface area contributed by atoms with Crippen molar-refractivity contribution in [2.75, 3.05) is 12.3 Å². The number of anilines is 1. The summed E-state index contributed by atoms with van der Waals surface area (Å²) in [6, 6.07) is 14.3. The van der Waals surface area contributed by atoms with Crippen molar-refractivity contribution in [3.63, 3.8) is 0 Å². The van der Waals surface area contributed by atoms with Crippen LogP contribution in [-0.2, 0) is 0 Å². The van der Waals surface area contributed by atoms with E-state index < -0.39 is 0 Å². The Morgan fingerprint density at radius 1 is 1.29 bits per heavy atom. The Morgan fingerprint density at radius 3 is 2.84 bits per heavy atom. The van der Waals surface area contributed by atoms with Gasteiger partial charge in [0.05, 0.1) is 11.4 Å². The number of terminal acetylenes is 1. The van der Waals surface area contributed by atoms with E-state index in [9.17, 15) is 0 Å². The Bertz CT molecular complexity index is 1280. The molecule has 0 aliphatic carbocycles. The fourth-order valence-electron chi connectivity index (χ4n) is 2.81. The zero-order valence-corrected chi connectivity index (χ0v) is 16.4. The number of hydrogen-bond acceptors (Lipinski definition) is 9. The van der Waals surface area contributed by atoms with Crippen LogP contribution in [0.3, 0.4) is 0 Å². The van der Waals surface area contributed by atoms with Gasteiger partial charge in [-0.2, -0.15) is 9.67 Å². The lowest BCUT2D eigenvalue weighted by Gasteiger charge is -2.05. The average Bonchev–Trinajstić information content (AvgIpc) is 3.44. The summed E-state index contributed by atoms with van der Waals surface area (Å²) >= 11 is 0. The standard InChI is InChI=1S/C21H17N7O3/c1-3-11-30-17-9-7-14(8-10-17)20-23-21(31-26-20)18-19(22)28(27-24-18)16-6-4-5-15(12-16)13(2)25-29/h1,4-10,12,29H,11,22H2,2H3/b25-13+. The van der Waals surface area contributed by atoms with Crippen LogP contribution >= 0.6 is 0 Å². The highest BCUT2D eigenvalue weighted by Crippen LogP contribution is 2.27. The first-order valence-corrected chi connectivity index (χ1v) is 9.12. The van der Waals surface area contributed by atoms with Crippen LogP contribution in [0, 0.1) is 12.3 Å². The van der Waals surface area contributed by atoms with Crippen LogP contribution in [0.5, 0.6) is 5.75 Å². The molecule has 0 aliphatic heterocycles. The summed E-state index contributed by atoms with van der Waals surface area (Å²) in [7, 11) is 0. The van der Waals surface area contributed by atoms with E-state index >= 15 is 0 Å². The third-order valence-corrected chi connectivity index (χ3v) is 4.43. The number of nitrogens with two attached hydrogens (primary N) is 1. The molecule has 154 valence electrons. The number of nitrogens with zero attached hydrogens (tertiary/aromatic N) is 6. The van der Waals surface area contributed by atoms with Crippen LogP contribution in [0.1, 0.15) is 12.5 Å². The lowest BCUT2D eigenvalue weighted by molar-refractivity contribution is 0.319. The van der Waals surface area contributed by atoms with E-state index in [1.54, 1.807) is 55.5 Å². The summed E-state index contributed by atoms with van der Waals surface area (Å²) < 4.78 is 12.1. The van der Waals surface area contributed by atoms with Crippen molar-refractivity contribution >= 4 is 11.5 Å². The highest BCUT2D eigenvalue weighted by atomic mass is 16.5. The summed E-state index contributed by atoms with van der Waals surface area (Å²) in [6.07, 6.45) is 5.19. The lowest BCUT2D eigenvalue weighted by Crippen LogP contribution is -2.04. The third-order valence-electron chi connectivity index (χ3n) is 4.43. The molecule has 10 heteroatoms. The average molecular weight is 415 g/mol. The maximum Gasteiger partial charge on any atom is 0.282 e. The van der Waals surface area contributed by atoms with E-state index in [1.807, 2.05) is 0 Å². The molecule has 0 saturated heterocycles. The van der Waals surface area contributed by atoms with Crippen LogP contribution in [0.4, 0.5) is 5.82 Å². The van der Waals surface area contributed by atoms with Crippen molar-refractivity contribution in [2.45, 2.75) is 6.92 Å². The normalized spacial score (nSPS) is 11.3. The molecule has 0 atom stereocenters. The molecule has 4 rings (SSSR count). The minimum absolute atomic E-state index is 0.135. The first-order chi connectivity index (χ1) is 15.1. The highest BCUT2D eigenvalue weighted by molar-refractivity contribution is 5.98. The van der Waals surface area contributed by atoms with Crippen molar-refractivity contribution in [1.82, 2.24) is 25.1 Å². The van der Waals surface area contributed by atoms with Gasteiger partial charge in [-0.25, -0.2) is 0 Å². The fourth-order valence-corrected chi connectivity index (χ4v) is 2.81. The van der Waals surface area contributed by atoms with E-state index in [-0.39, 0.29) is 24.0 Å². The molecular formula is C21H17N7O3. The topological polar surface area (TPSA) is 137 Å². The van der Waals surface area contributed by atoms with E-state index in [2.05, 4.69) is 31.5 Å². The van der Waals surface area contributed by atoms with E-state index in [0.29, 0.717) is 28.5 Å². The second-order valence-corrected chi connectivity index (χ2v) is 6.41. The SMILES string of the molecule is C#CCOc1ccc(-c2noc(-c3nnn(-c4cccc(/C(C)=N/O)c4)c3N)n2)cc1. The van der Waals surface area contributed by atoms with Crippen LogP contribution < -0.4 is 10.5 Å². The van der Waals surface area contributed by atoms with E-state index in [4.69, 9.17) is 26.6 Å². The predicted molar refractivity (Wildman–Crippen MR) is 113 cm³/mol. The maximum atomic E-state index is 8.99. The van der Waals surface area contributed by atoms with Gasteiger partial charge in [-0.1, -0.05) is 33.6 Å². The molecule has 0 aliphatic rings. The molecule has 31 heavy (non-hydrogen) atoms. The lowest BCUT2D eigenvalue weighted by atomic mass is 10.1. The molecule has 0 amide bonds. The summed E-state index contributed by atoms with van der Waals surface area (Å²) in [6.45, 7) is 1.87. The monoisotopic (exact) mass is 415 g/mol. The van der Waals surface area contributed by atoms with Gasteiger partial charge in [-0.05, 0) is 43.3 Å². The largest absolute Gasteiger partial charge is 0.481 e. The van der Waals surface area contributed by atoms with Gasteiger partial charge in [0.2, 0.25) is 5.82 Å². The van der Waals surface area contributed by atoms with Crippen LogP contribution in [0.25, 0.3) is 28.7 Å². The fraction of sp³-hybridized carbons (Fsp3) is 0.0952. The first kappa shape index (κ1) is 19.7. The molecule has 2 heterocycles. The van der Waals surface area contributed by atoms with Crippen LogP contribution in [0.15, 0.2) is 58.2 Å². The molecule has 0 saturated carbocycles. The molecule has 2 aromatic carbocycles. The summed E-state index contributed by atoms with van der Waals surface area (Å²) in [5.41, 5.74) is 9.02. The molecule has 0 spiro atoms.